The van der Waals surface area contributed by atoms with Gasteiger partial charge in [-0.1, -0.05) is 11.8 Å². The number of rotatable bonds is 3. The van der Waals surface area contributed by atoms with Crippen LogP contribution in [0.2, 0.25) is 0 Å². The lowest BCUT2D eigenvalue weighted by atomic mass is 10.2. The van der Waals surface area contributed by atoms with Gasteiger partial charge < -0.3 is 0 Å². The third kappa shape index (κ3) is 2.30. The van der Waals surface area contributed by atoms with Crippen molar-refractivity contribution < 1.29 is 4.39 Å². The van der Waals surface area contributed by atoms with Gasteiger partial charge in [0, 0.05) is 18.0 Å². The van der Waals surface area contributed by atoms with Crippen molar-refractivity contribution in [2.24, 2.45) is 0 Å². The summed E-state index contributed by atoms with van der Waals surface area (Å²) in [5, 5.41) is 9.16. The molecule has 100 valence electrons. The smallest absolute Gasteiger partial charge is 0.195 e. The average molecular weight is 286 g/mol. The van der Waals surface area contributed by atoms with Crippen LogP contribution >= 0.6 is 11.8 Å². The van der Waals surface area contributed by atoms with Gasteiger partial charge in [-0.25, -0.2) is 4.39 Å². The third-order valence-electron chi connectivity index (χ3n) is 2.84. The molecule has 0 N–H and O–H groups in total. The Morgan fingerprint density at radius 1 is 1.00 bits per heavy atom. The molecule has 0 aliphatic rings. The second kappa shape index (κ2) is 5.42. The van der Waals surface area contributed by atoms with Crippen LogP contribution in [0.3, 0.4) is 0 Å². The number of benzene rings is 1. The SMILES string of the molecule is CSc1nnc(-c2ccc(F)cc2)n1-c1ccncc1. The molecule has 0 atom stereocenters. The first-order valence-corrected chi connectivity index (χ1v) is 7.18. The molecule has 0 saturated heterocycles. The van der Waals surface area contributed by atoms with Crippen LogP contribution in [0.5, 0.6) is 0 Å². The molecule has 6 heteroatoms. The number of hydrogen-bond acceptors (Lipinski definition) is 4. The van der Waals surface area contributed by atoms with Crippen molar-refractivity contribution in [3.8, 4) is 17.1 Å². The van der Waals surface area contributed by atoms with E-state index in [9.17, 15) is 4.39 Å². The lowest BCUT2D eigenvalue weighted by molar-refractivity contribution is 0.628. The predicted molar refractivity (Wildman–Crippen MR) is 76.3 cm³/mol. The Labute approximate surface area is 119 Å². The molecule has 0 amide bonds. The molecule has 0 unspecified atom stereocenters. The van der Waals surface area contributed by atoms with Crippen molar-refractivity contribution in [1.82, 2.24) is 19.7 Å². The number of halogens is 1. The maximum absolute atomic E-state index is 13.0. The van der Waals surface area contributed by atoms with E-state index in [0.717, 1.165) is 16.4 Å². The highest BCUT2D eigenvalue weighted by molar-refractivity contribution is 7.98. The quantitative estimate of drug-likeness (QED) is 0.694. The van der Waals surface area contributed by atoms with Gasteiger partial charge in [0.2, 0.25) is 0 Å². The van der Waals surface area contributed by atoms with Crippen LogP contribution in [0.1, 0.15) is 0 Å². The van der Waals surface area contributed by atoms with Crippen molar-refractivity contribution in [3.63, 3.8) is 0 Å². The van der Waals surface area contributed by atoms with E-state index in [2.05, 4.69) is 15.2 Å². The Morgan fingerprint density at radius 2 is 1.70 bits per heavy atom. The normalized spacial score (nSPS) is 10.7. The molecule has 2 heterocycles. The van der Waals surface area contributed by atoms with E-state index < -0.39 is 0 Å². The van der Waals surface area contributed by atoms with Crippen LogP contribution in [0.25, 0.3) is 17.1 Å². The molecule has 0 radical (unpaired) electrons. The van der Waals surface area contributed by atoms with Crippen LogP contribution in [-0.2, 0) is 0 Å². The predicted octanol–water partition coefficient (Wildman–Crippen LogP) is 3.19. The molecule has 2 aromatic heterocycles. The Balaban J connectivity index is 2.17. The molecular weight excluding hydrogens is 275 g/mol. The van der Waals surface area contributed by atoms with Crippen LogP contribution in [-0.4, -0.2) is 26.0 Å². The topological polar surface area (TPSA) is 43.6 Å². The largest absolute Gasteiger partial charge is 0.270 e. The molecular formula is C14H11FN4S. The molecule has 20 heavy (non-hydrogen) atoms. The zero-order chi connectivity index (χ0) is 13.9. The van der Waals surface area contributed by atoms with Gasteiger partial charge in [0.1, 0.15) is 5.82 Å². The first-order valence-electron chi connectivity index (χ1n) is 5.95. The Kier molecular flexibility index (Phi) is 3.47. The Morgan fingerprint density at radius 3 is 2.35 bits per heavy atom. The minimum Gasteiger partial charge on any atom is -0.270 e. The second-order valence-corrected chi connectivity index (χ2v) is 4.83. The van der Waals surface area contributed by atoms with E-state index in [1.807, 2.05) is 23.0 Å². The third-order valence-corrected chi connectivity index (χ3v) is 3.47. The first-order chi connectivity index (χ1) is 9.79. The van der Waals surface area contributed by atoms with Gasteiger partial charge in [-0.05, 0) is 42.7 Å². The van der Waals surface area contributed by atoms with Gasteiger partial charge in [0.15, 0.2) is 11.0 Å². The van der Waals surface area contributed by atoms with Gasteiger partial charge in [-0.3, -0.25) is 9.55 Å². The fourth-order valence-corrected chi connectivity index (χ4v) is 2.41. The molecule has 0 bridgehead atoms. The van der Waals surface area contributed by atoms with Crippen molar-refractivity contribution in [3.05, 3.63) is 54.6 Å². The van der Waals surface area contributed by atoms with E-state index in [4.69, 9.17) is 0 Å². The lowest BCUT2D eigenvalue weighted by Crippen LogP contribution is -1.99. The second-order valence-electron chi connectivity index (χ2n) is 4.06. The molecule has 0 fully saturated rings. The zero-order valence-corrected chi connectivity index (χ0v) is 11.5. The number of aromatic nitrogens is 4. The molecule has 0 saturated carbocycles. The standard InChI is InChI=1S/C14H11FN4S/c1-20-14-18-17-13(10-2-4-11(15)5-3-10)19(14)12-6-8-16-9-7-12/h2-9H,1H3. The fraction of sp³-hybridized carbons (Fsp3) is 0.0714. The van der Waals surface area contributed by atoms with Crippen molar-refractivity contribution in [2.45, 2.75) is 5.16 Å². The summed E-state index contributed by atoms with van der Waals surface area (Å²) in [5.41, 5.74) is 1.74. The first kappa shape index (κ1) is 12.8. The summed E-state index contributed by atoms with van der Waals surface area (Å²) in [5.74, 6) is 0.411. The summed E-state index contributed by atoms with van der Waals surface area (Å²) < 4.78 is 15.0. The summed E-state index contributed by atoms with van der Waals surface area (Å²) in [6.45, 7) is 0. The monoisotopic (exact) mass is 286 g/mol. The summed E-state index contributed by atoms with van der Waals surface area (Å²) in [7, 11) is 0. The highest BCUT2D eigenvalue weighted by atomic mass is 32.2. The van der Waals surface area contributed by atoms with Gasteiger partial charge in [-0.2, -0.15) is 0 Å². The minimum absolute atomic E-state index is 0.270. The number of pyridine rings is 1. The average Bonchev–Trinajstić information content (AvgIpc) is 2.93. The Bertz CT molecular complexity index is 710. The van der Waals surface area contributed by atoms with Gasteiger partial charge in [0.25, 0.3) is 0 Å². The van der Waals surface area contributed by atoms with Crippen molar-refractivity contribution in [1.29, 1.82) is 0 Å². The van der Waals surface area contributed by atoms with E-state index in [-0.39, 0.29) is 5.82 Å². The van der Waals surface area contributed by atoms with Gasteiger partial charge in [-0.15, -0.1) is 10.2 Å². The number of thioether (sulfide) groups is 1. The fourth-order valence-electron chi connectivity index (χ4n) is 1.91. The van der Waals surface area contributed by atoms with Crippen LogP contribution in [0.4, 0.5) is 4.39 Å². The van der Waals surface area contributed by atoms with Crippen molar-refractivity contribution in [2.75, 3.05) is 6.26 Å². The van der Waals surface area contributed by atoms with Gasteiger partial charge >= 0.3 is 0 Å². The van der Waals surface area contributed by atoms with E-state index in [1.54, 1.807) is 24.5 Å². The molecule has 1 aromatic carbocycles. The molecule has 4 nitrogen and oxygen atoms in total. The number of nitrogens with zero attached hydrogens (tertiary/aromatic N) is 4. The molecule has 0 aliphatic heterocycles. The summed E-state index contributed by atoms with van der Waals surface area (Å²) in [6, 6.07) is 9.99. The van der Waals surface area contributed by atoms with E-state index in [1.165, 1.54) is 23.9 Å². The molecule has 3 rings (SSSR count). The van der Waals surface area contributed by atoms with E-state index in [0.29, 0.717) is 5.82 Å². The van der Waals surface area contributed by atoms with Crippen LogP contribution in [0.15, 0.2) is 53.9 Å². The van der Waals surface area contributed by atoms with Crippen LogP contribution < -0.4 is 0 Å². The highest BCUT2D eigenvalue weighted by Gasteiger charge is 2.14. The molecule has 0 aliphatic carbocycles. The van der Waals surface area contributed by atoms with Gasteiger partial charge in [0.05, 0.1) is 5.69 Å². The molecule has 3 aromatic rings. The maximum Gasteiger partial charge on any atom is 0.195 e. The molecule has 0 spiro atoms. The maximum atomic E-state index is 13.0. The summed E-state index contributed by atoms with van der Waals surface area (Å²) in [6.07, 6.45) is 5.37. The van der Waals surface area contributed by atoms with Crippen LogP contribution in [0, 0.1) is 5.82 Å². The highest BCUT2D eigenvalue weighted by Crippen LogP contribution is 2.26. The van der Waals surface area contributed by atoms with E-state index >= 15 is 0 Å². The lowest BCUT2D eigenvalue weighted by Gasteiger charge is -2.08. The van der Waals surface area contributed by atoms with Crippen molar-refractivity contribution >= 4 is 11.8 Å². The number of hydrogen-bond donors (Lipinski definition) is 0. The summed E-state index contributed by atoms with van der Waals surface area (Å²) >= 11 is 1.50. The summed E-state index contributed by atoms with van der Waals surface area (Å²) in [4.78, 5) is 4.01. The minimum atomic E-state index is -0.270. The zero-order valence-electron chi connectivity index (χ0n) is 10.7. The Hall–Kier alpha value is -2.21.